The SMILES string of the molecule is COCCNC(=O)C(C)NCc1ccc(Cl)cc1[N+](=O)[O-]. The van der Waals surface area contributed by atoms with E-state index in [9.17, 15) is 14.9 Å². The molecule has 0 saturated carbocycles. The number of ether oxygens (including phenoxy) is 1. The Hall–Kier alpha value is -1.70. The molecular formula is C13H18ClN3O4. The maximum Gasteiger partial charge on any atom is 0.275 e. The van der Waals surface area contributed by atoms with Crippen LogP contribution < -0.4 is 10.6 Å². The van der Waals surface area contributed by atoms with E-state index in [0.29, 0.717) is 23.7 Å². The number of hydrogen-bond acceptors (Lipinski definition) is 5. The van der Waals surface area contributed by atoms with E-state index in [-0.39, 0.29) is 18.1 Å². The van der Waals surface area contributed by atoms with Crippen molar-refractivity contribution in [2.75, 3.05) is 20.3 Å². The molecule has 0 bridgehead atoms. The number of nitrogens with one attached hydrogen (secondary N) is 2. The Morgan fingerprint density at radius 1 is 1.52 bits per heavy atom. The normalized spacial score (nSPS) is 12.0. The minimum absolute atomic E-state index is 0.0676. The maximum absolute atomic E-state index is 11.7. The lowest BCUT2D eigenvalue weighted by Crippen LogP contribution is -2.42. The van der Waals surface area contributed by atoms with Gasteiger partial charge in [-0.25, -0.2) is 0 Å². The van der Waals surface area contributed by atoms with Gasteiger partial charge in [0.25, 0.3) is 5.69 Å². The third-order valence-corrected chi connectivity index (χ3v) is 3.08. The van der Waals surface area contributed by atoms with Crippen LogP contribution in [0, 0.1) is 10.1 Å². The highest BCUT2D eigenvalue weighted by molar-refractivity contribution is 6.30. The molecule has 1 atom stereocenters. The summed E-state index contributed by atoms with van der Waals surface area (Å²) in [4.78, 5) is 22.2. The Balaban J connectivity index is 2.58. The van der Waals surface area contributed by atoms with Crippen molar-refractivity contribution in [2.24, 2.45) is 0 Å². The molecule has 1 aromatic rings. The lowest BCUT2D eigenvalue weighted by molar-refractivity contribution is -0.385. The molecule has 0 aliphatic rings. The molecule has 0 aliphatic carbocycles. The standard InChI is InChI=1S/C13H18ClN3O4/c1-9(13(18)15-5-6-21-2)16-8-10-3-4-11(14)7-12(10)17(19)20/h3-4,7,9,16H,5-6,8H2,1-2H3,(H,15,18). The molecule has 0 saturated heterocycles. The van der Waals surface area contributed by atoms with Crippen LogP contribution in [-0.2, 0) is 16.1 Å². The molecule has 0 heterocycles. The van der Waals surface area contributed by atoms with Crippen molar-refractivity contribution in [1.82, 2.24) is 10.6 Å². The van der Waals surface area contributed by atoms with Crippen molar-refractivity contribution in [3.05, 3.63) is 38.9 Å². The summed E-state index contributed by atoms with van der Waals surface area (Å²) in [5.74, 6) is -0.191. The van der Waals surface area contributed by atoms with E-state index >= 15 is 0 Å². The molecular weight excluding hydrogens is 298 g/mol. The van der Waals surface area contributed by atoms with E-state index in [1.165, 1.54) is 6.07 Å². The molecule has 1 rings (SSSR count). The van der Waals surface area contributed by atoms with Gasteiger partial charge in [0.1, 0.15) is 0 Å². The van der Waals surface area contributed by atoms with Gasteiger partial charge in [0.05, 0.1) is 17.6 Å². The predicted molar refractivity (Wildman–Crippen MR) is 79.3 cm³/mol. The van der Waals surface area contributed by atoms with Gasteiger partial charge in [0, 0.05) is 36.9 Å². The van der Waals surface area contributed by atoms with Gasteiger partial charge < -0.3 is 15.4 Å². The van der Waals surface area contributed by atoms with Crippen LogP contribution in [-0.4, -0.2) is 37.1 Å². The number of carbonyl (C=O) groups excluding carboxylic acids is 1. The summed E-state index contributed by atoms with van der Waals surface area (Å²) in [5, 5.41) is 16.9. The van der Waals surface area contributed by atoms with Gasteiger partial charge in [0.15, 0.2) is 0 Å². The Morgan fingerprint density at radius 2 is 2.24 bits per heavy atom. The van der Waals surface area contributed by atoms with Crippen LogP contribution in [0.25, 0.3) is 0 Å². The van der Waals surface area contributed by atoms with Crippen molar-refractivity contribution in [1.29, 1.82) is 0 Å². The second kappa shape index (κ2) is 8.56. The highest BCUT2D eigenvalue weighted by Crippen LogP contribution is 2.23. The number of nitro benzene ring substituents is 1. The zero-order valence-electron chi connectivity index (χ0n) is 11.9. The quantitative estimate of drug-likeness (QED) is 0.430. The number of rotatable bonds is 8. The van der Waals surface area contributed by atoms with Gasteiger partial charge in [-0.15, -0.1) is 0 Å². The zero-order valence-corrected chi connectivity index (χ0v) is 12.6. The second-order valence-electron chi connectivity index (χ2n) is 4.42. The van der Waals surface area contributed by atoms with Crippen LogP contribution >= 0.6 is 11.6 Å². The fourth-order valence-electron chi connectivity index (χ4n) is 1.64. The van der Waals surface area contributed by atoms with E-state index in [1.807, 2.05) is 0 Å². The number of hydrogen-bond donors (Lipinski definition) is 2. The fraction of sp³-hybridized carbons (Fsp3) is 0.462. The van der Waals surface area contributed by atoms with E-state index in [1.54, 1.807) is 26.2 Å². The van der Waals surface area contributed by atoms with Crippen LogP contribution in [0.5, 0.6) is 0 Å². The largest absolute Gasteiger partial charge is 0.383 e. The van der Waals surface area contributed by atoms with Crippen molar-refractivity contribution < 1.29 is 14.5 Å². The molecule has 1 aromatic carbocycles. The number of nitrogens with zero attached hydrogens (tertiary/aromatic N) is 1. The Labute approximate surface area is 127 Å². The van der Waals surface area contributed by atoms with Gasteiger partial charge in [0.2, 0.25) is 5.91 Å². The monoisotopic (exact) mass is 315 g/mol. The molecule has 8 heteroatoms. The third-order valence-electron chi connectivity index (χ3n) is 2.84. The van der Waals surface area contributed by atoms with Gasteiger partial charge in [-0.2, -0.15) is 0 Å². The first kappa shape index (κ1) is 17.4. The summed E-state index contributed by atoms with van der Waals surface area (Å²) in [5.41, 5.74) is 0.405. The van der Waals surface area contributed by atoms with Crippen LogP contribution in [0.2, 0.25) is 5.02 Å². The lowest BCUT2D eigenvalue weighted by Gasteiger charge is -2.14. The Bertz CT molecular complexity index is 510. The van der Waals surface area contributed by atoms with Crippen molar-refractivity contribution in [3.8, 4) is 0 Å². The average molecular weight is 316 g/mol. The summed E-state index contributed by atoms with van der Waals surface area (Å²) >= 11 is 5.74. The number of halogens is 1. The highest BCUT2D eigenvalue weighted by atomic mass is 35.5. The molecule has 1 amide bonds. The summed E-state index contributed by atoms with van der Waals surface area (Å²) in [6, 6.07) is 3.97. The van der Waals surface area contributed by atoms with Crippen molar-refractivity contribution in [3.63, 3.8) is 0 Å². The highest BCUT2D eigenvalue weighted by Gasteiger charge is 2.17. The lowest BCUT2D eigenvalue weighted by atomic mass is 10.1. The zero-order chi connectivity index (χ0) is 15.8. The number of amides is 1. The predicted octanol–water partition coefficient (Wildman–Crippen LogP) is 1.49. The summed E-state index contributed by atoms with van der Waals surface area (Å²) in [6.07, 6.45) is 0. The molecule has 21 heavy (non-hydrogen) atoms. The third kappa shape index (κ3) is 5.66. The van der Waals surface area contributed by atoms with E-state index in [4.69, 9.17) is 16.3 Å². The first-order valence-corrected chi connectivity index (χ1v) is 6.76. The van der Waals surface area contributed by atoms with Crippen LogP contribution in [0.3, 0.4) is 0 Å². The Kier molecular flexibility index (Phi) is 7.07. The number of nitro groups is 1. The molecule has 0 aliphatic heterocycles. The summed E-state index contributed by atoms with van der Waals surface area (Å²) in [6.45, 7) is 2.74. The fourth-order valence-corrected chi connectivity index (χ4v) is 1.81. The van der Waals surface area contributed by atoms with Gasteiger partial charge in [-0.3, -0.25) is 14.9 Å². The van der Waals surface area contributed by atoms with Crippen molar-refractivity contribution in [2.45, 2.75) is 19.5 Å². The van der Waals surface area contributed by atoms with Crippen LogP contribution in [0.15, 0.2) is 18.2 Å². The van der Waals surface area contributed by atoms with Crippen LogP contribution in [0.1, 0.15) is 12.5 Å². The van der Waals surface area contributed by atoms with E-state index < -0.39 is 11.0 Å². The molecule has 7 nitrogen and oxygen atoms in total. The molecule has 0 fully saturated rings. The maximum atomic E-state index is 11.7. The average Bonchev–Trinajstić information content (AvgIpc) is 2.45. The topological polar surface area (TPSA) is 93.5 Å². The minimum Gasteiger partial charge on any atom is -0.383 e. The number of carbonyl (C=O) groups is 1. The van der Waals surface area contributed by atoms with E-state index in [0.717, 1.165) is 0 Å². The Morgan fingerprint density at radius 3 is 2.86 bits per heavy atom. The molecule has 2 N–H and O–H groups in total. The summed E-state index contributed by atoms with van der Waals surface area (Å²) < 4.78 is 4.83. The van der Waals surface area contributed by atoms with Gasteiger partial charge in [-0.05, 0) is 19.1 Å². The first-order valence-electron chi connectivity index (χ1n) is 6.38. The molecule has 116 valence electrons. The van der Waals surface area contributed by atoms with Crippen LogP contribution in [0.4, 0.5) is 5.69 Å². The second-order valence-corrected chi connectivity index (χ2v) is 4.85. The smallest absolute Gasteiger partial charge is 0.275 e. The molecule has 1 unspecified atom stereocenters. The molecule has 0 spiro atoms. The minimum atomic E-state index is -0.494. The number of methoxy groups -OCH3 is 1. The van der Waals surface area contributed by atoms with E-state index in [2.05, 4.69) is 10.6 Å². The molecule has 0 radical (unpaired) electrons. The first-order chi connectivity index (χ1) is 9.95. The molecule has 0 aromatic heterocycles. The van der Waals surface area contributed by atoms with Crippen molar-refractivity contribution >= 4 is 23.2 Å². The van der Waals surface area contributed by atoms with Gasteiger partial charge in [-0.1, -0.05) is 11.6 Å². The van der Waals surface area contributed by atoms with Gasteiger partial charge >= 0.3 is 0 Å². The number of benzene rings is 1. The summed E-state index contributed by atoms with van der Waals surface area (Å²) in [7, 11) is 1.55.